The molecule has 1 aromatic heterocycles. The molecule has 8 heteroatoms. The molecule has 0 N–H and O–H groups in total. The highest BCUT2D eigenvalue weighted by molar-refractivity contribution is 6.30. The van der Waals surface area contributed by atoms with Crippen molar-refractivity contribution in [3.63, 3.8) is 0 Å². The second-order valence-corrected chi connectivity index (χ2v) is 7.59. The van der Waals surface area contributed by atoms with Gasteiger partial charge < -0.3 is 4.90 Å². The summed E-state index contributed by atoms with van der Waals surface area (Å²) in [6.45, 7) is 3.69. The first-order valence-electron chi connectivity index (χ1n) is 8.44. The lowest BCUT2D eigenvalue weighted by atomic mass is 9.97. The first kappa shape index (κ1) is 19.6. The van der Waals surface area contributed by atoms with Gasteiger partial charge in [0.2, 0.25) is 5.91 Å². The van der Waals surface area contributed by atoms with Gasteiger partial charge in [0.1, 0.15) is 12.6 Å². The van der Waals surface area contributed by atoms with E-state index in [4.69, 9.17) is 23.2 Å². The van der Waals surface area contributed by atoms with Crippen LogP contribution in [0.1, 0.15) is 19.4 Å². The van der Waals surface area contributed by atoms with Gasteiger partial charge in [0, 0.05) is 17.8 Å². The fourth-order valence-corrected chi connectivity index (χ4v) is 3.43. The van der Waals surface area contributed by atoms with Crippen LogP contribution in [0.5, 0.6) is 0 Å². The van der Waals surface area contributed by atoms with Gasteiger partial charge in [0.15, 0.2) is 11.6 Å². The van der Waals surface area contributed by atoms with Crippen LogP contribution in [0.4, 0.5) is 10.2 Å². The Morgan fingerprint density at radius 2 is 1.85 bits per heavy atom. The molecule has 5 nitrogen and oxygen atoms in total. The number of piperazine rings is 1. The summed E-state index contributed by atoms with van der Waals surface area (Å²) in [5, 5.41) is 0.715. The first-order valence-corrected chi connectivity index (χ1v) is 9.20. The van der Waals surface area contributed by atoms with Gasteiger partial charge >= 0.3 is 0 Å². The van der Waals surface area contributed by atoms with Crippen LogP contribution >= 0.6 is 23.2 Å². The van der Waals surface area contributed by atoms with E-state index >= 15 is 0 Å². The highest BCUT2D eigenvalue weighted by atomic mass is 35.5. The van der Waals surface area contributed by atoms with Gasteiger partial charge in [-0.1, -0.05) is 49.2 Å². The second kappa shape index (κ2) is 7.82. The third-order valence-electron chi connectivity index (χ3n) is 4.41. The van der Waals surface area contributed by atoms with Gasteiger partial charge in [-0.2, -0.15) is 0 Å². The maximum Gasteiger partial charge on any atom is 0.251 e. The Morgan fingerprint density at radius 1 is 1.19 bits per heavy atom. The lowest BCUT2D eigenvalue weighted by Gasteiger charge is -2.41. The van der Waals surface area contributed by atoms with Crippen molar-refractivity contribution in [3.8, 4) is 0 Å². The lowest BCUT2D eigenvalue weighted by molar-refractivity contribution is -0.145. The van der Waals surface area contributed by atoms with Crippen LogP contribution < -0.4 is 4.90 Å². The topological polar surface area (TPSA) is 53.5 Å². The Hall–Kier alpha value is -2.18. The van der Waals surface area contributed by atoms with E-state index in [1.165, 1.54) is 11.1 Å². The van der Waals surface area contributed by atoms with Gasteiger partial charge in [-0.15, -0.1) is 0 Å². The number of anilines is 1. The minimum atomic E-state index is -0.739. The molecule has 2 amide bonds. The third kappa shape index (κ3) is 4.06. The summed E-state index contributed by atoms with van der Waals surface area (Å²) in [5.41, 5.74) is 0.857. The fraction of sp³-hybridized carbons (Fsp3) is 0.316. The number of nitrogens with zero attached hydrogens (tertiary/aromatic N) is 3. The average Bonchev–Trinajstić information content (AvgIpc) is 2.60. The number of pyridine rings is 1. The molecule has 1 atom stereocenters. The van der Waals surface area contributed by atoms with E-state index in [0.717, 1.165) is 16.5 Å². The number of hydrogen-bond acceptors (Lipinski definition) is 3. The predicted molar refractivity (Wildman–Crippen MR) is 102 cm³/mol. The number of halogens is 3. The van der Waals surface area contributed by atoms with Crippen LogP contribution in [-0.4, -0.2) is 34.3 Å². The van der Waals surface area contributed by atoms with Gasteiger partial charge in [0.05, 0.1) is 5.02 Å². The van der Waals surface area contributed by atoms with E-state index in [1.54, 1.807) is 12.1 Å². The van der Waals surface area contributed by atoms with Crippen LogP contribution in [0.15, 0.2) is 36.5 Å². The number of aromatic nitrogens is 1. The van der Waals surface area contributed by atoms with Gasteiger partial charge in [-0.3, -0.25) is 14.5 Å². The quantitative estimate of drug-likeness (QED) is 0.768. The summed E-state index contributed by atoms with van der Waals surface area (Å²) in [7, 11) is 0. The van der Waals surface area contributed by atoms with Gasteiger partial charge in [-0.25, -0.2) is 9.37 Å². The smallest absolute Gasteiger partial charge is 0.251 e. The molecule has 0 aliphatic carbocycles. The molecule has 1 aromatic carbocycles. The summed E-state index contributed by atoms with van der Waals surface area (Å²) < 4.78 is 14.3. The number of amides is 2. The molecule has 0 saturated carbocycles. The highest BCUT2D eigenvalue weighted by Crippen LogP contribution is 2.28. The van der Waals surface area contributed by atoms with E-state index in [-0.39, 0.29) is 41.7 Å². The summed E-state index contributed by atoms with van der Waals surface area (Å²) in [5.74, 6) is -1.73. The molecular weight excluding hydrogens is 392 g/mol. The highest BCUT2D eigenvalue weighted by Gasteiger charge is 2.42. The fourth-order valence-electron chi connectivity index (χ4n) is 3.16. The monoisotopic (exact) mass is 409 g/mol. The predicted octanol–water partition coefficient (Wildman–Crippen LogP) is 3.93. The number of rotatable bonds is 4. The van der Waals surface area contributed by atoms with E-state index in [2.05, 4.69) is 4.98 Å². The zero-order valence-electron chi connectivity index (χ0n) is 14.8. The summed E-state index contributed by atoms with van der Waals surface area (Å²) in [6, 6.07) is 7.44. The number of carbonyl (C=O) groups excluding carboxylic acids is 2. The molecule has 1 saturated heterocycles. The zero-order valence-corrected chi connectivity index (χ0v) is 16.3. The number of hydrogen-bond donors (Lipinski definition) is 0. The second-order valence-electron chi connectivity index (χ2n) is 6.72. The molecule has 2 heterocycles. The molecule has 0 bridgehead atoms. The molecular formula is C19H18Cl2FN3O2. The van der Waals surface area contributed by atoms with Crippen molar-refractivity contribution in [2.24, 2.45) is 5.92 Å². The van der Waals surface area contributed by atoms with Crippen LogP contribution in [0.25, 0.3) is 0 Å². The third-order valence-corrected chi connectivity index (χ3v) is 4.87. The minimum Gasteiger partial charge on any atom is -0.325 e. The SMILES string of the molecule is CC(C)[C@H]1C(=O)N(c2ncc(Cl)cc2F)CC(=O)N1Cc1ccc(Cl)cc1. The van der Waals surface area contributed by atoms with Crippen molar-refractivity contribution in [2.45, 2.75) is 26.4 Å². The standard InChI is InChI=1S/C19H18Cl2FN3O2/c1-11(2)17-19(27)25(18-15(22)7-14(21)8-23-18)10-16(26)24(17)9-12-3-5-13(20)6-4-12/h3-8,11,17H,9-10H2,1-2H3/t17-/m0/s1. The molecule has 142 valence electrons. The molecule has 1 aliphatic heterocycles. The summed E-state index contributed by atoms with van der Waals surface area (Å²) >= 11 is 11.6. The van der Waals surface area contributed by atoms with Gasteiger partial charge in [0.25, 0.3) is 5.91 Å². The zero-order chi connectivity index (χ0) is 19.7. The Morgan fingerprint density at radius 3 is 2.44 bits per heavy atom. The van der Waals surface area contributed by atoms with Crippen molar-refractivity contribution in [1.82, 2.24) is 9.88 Å². The summed E-state index contributed by atoms with van der Waals surface area (Å²) in [6.07, 6.45) is 1.25. The van der Waals surface area contributed by atoms with Crippen LogP contribution in [0.2, 0.25) is 10.0 Å². The van der Waals surface area contributed by atoms with Crippen LogP contribution in [-0.2, 0) is 16.1 Å². The van der Waals surface area contributed by atoms with E-state index in [1.807, 2.05) is 26.0 Å². The van der Waals surface area contributed by atoms with Crippen LogP contribution in [0.3, 0.4) is 0 Å². The molecule has 2 aromatic rings. The maximum atomic E-state index is 14.3. The molecule has 0 unspecified atom stereocenters. The van der Waals surface area contributed by atoms with Crippen molar-refractivity contribution in [1.29, 1.82) is 0 Å². The minimum absolute atomic E-state index is 0.122. The summed E-state index contributed by atoms with van der Waals surface area (Å²) in [4.78, 5) is 32.4. The van der Waals surface area contributed by atoms with E-state index in [9.17, 15) is 14.0 Å². The van der Waals surface area contributed by atoms with Crippen molar-refractivity contribution in [3.05, 3.63) is 58.0 Å². The number of benzene rings is 1. The normalized spacial score (nSPS) is 17.8. The van der Waals surface area contributed by atoms with Crippen LogP contribution in [0, 0.1) is 11.7 Å². The number of carbonyl (C=O) groups is 2. The molecule has 1 aliphatic rings. The van der Waals surface area contributed by atoms with E-state index in [0.29, 0.717) is 5.02 Å². The Bertz CT molecular complexity index is 874. The van der Waals surface area contributed by atoms with Crippen molar-refractivity contribution < 1.29 is 14.0 Å². The lowest BCUT2D eigenvalue weighted by Crippen LogP contribution is -2.61. The van der Waals surface area contributed by atoms with Crippen molar-refractivity contribution in [2.75, 3.05) is 11.4 Å². The Balaban J connectivity index is 1.92. The molecule has 1 fully saturated rings. The molecule has 27 heavy (non-hydrogen) atoms. The maximum absolute atomic E-state index is 14.3. The molecule has 3 rings (SSSR count). The average molecular weight is 410 g/mol. The Kier molecular flexibility index (Phi) is 5.67. The Labute approximate surface area is 166 Å². The van der Waals surface area contributed by atoms with Crippen molar-refractivity contribution >= 4 is 40.8 Å². The molecule has 0 radical (unpaired) electrons. The van der Waals surface area contributed by atoms with Gasteiger partial charge in [-0.05, 0) is 29.7 Å². The molecule has 0 spiro atoms. The first-order chi connectivity index (χ1) is 12.8. The van der Waals surface area contributed by atoms with E-state index < -0.39 is 11.9 Å². The largest absolute Gasteiger partial charge is 0.325 e.